The van der Waals surface area contributed by atoms with Gasteiger partial charge in [-0.15, -0.1) is 0 Å². The van der Waals surface area contributed by atoms with Gasteiger partial charge in [0.2, 0.25) is 0 Å². The van der Waals surface area contributed by atoms with E-state index in [1.54, 1.807) is 4.90 Å². The standard InChI is InChI=1S/C8H13NO2/c1-9(6-2-3-6)8(10)11-7-4-5-7/h6-7H,2-5H2,1H3. The molecule has 0 aromatic heterocycles. The normalized spacial score (nSPS) is 23.0. The molecule has 0 bridgehead atoms. The van der Waals surface area contributed by atoms with Gasteiger partial charge in [0.15, 0.2) is 0 Å². The van der Waals surface area contributed by atoms with Gasteiger partial charge in [-0.2, -0.15) is 0 Å². The molecule has 3 nitrogen and oxygen atoms in total. The van der Waals surface area contributed by atoms with Crippen LogP contribution >= 0.6 is 0 Å². The summed E-state index contributed by atoms with van der Waals surface area (Å²) in [5.74, 6) is 0. The van der Waals surface area contributed by atoms with Crippen molar-refractivity contribution in [3.05, 3.63) is 0 Å². The summed E-state index contributed by atoms with van der Waals surface area (Å²) in [6.45, 7) is 0. The van der Waals surface area contributed by atoms with Crippen molar-refractivity contribution in [2.75, 3.05) is 7.05 Å². The Morgan fingerprint density at radius 1 is 1.36 bits per heavy atom. The van der Waals surface area contributed by atoms with Crippen LogP contribution < -0.4 is 0 Å². The van der Waals surface area contributed by atoms with Crippen LogP contribution in [0.1, 0.15) is 25.7 Å². The Balaban J connectivity index is 1.77. The zero-order valence-electron chi connectivity index (χ0n) is 6.75. The zero-order valence-corrected chi connectivity index (χ0v) is 6.75. The molecule has 11 heavy (non-hydrogen) atoms. The minimum atomic E-state index is -0.130. The summed E-state index contributed by atoms with van der Waals surface area (Å²) in [5.41, 5.74) is 0. The van der Waals surface area contributed by atoms with Crippen molar-refractivity contribution in [2.24, 2.45) is 0 Å². The molecule has 2 saturated carbocycles. The van der Waals surface area contributed by atoms with Gasteiger partial charge in [0.05, 0.1) is 0 Å². The van der Waals surface area contributed by atoms with E-state index in [9.17, 15) is 4.79 Å². The van der Waals surface area contributed by atoms with Crippen molar-refractivity contribution in [3.8, 4) is 0 Å². The highest BCUT2D eigenvalue weighted by Gasteiger charge is 2.33. The van der Waals surface area contributed by atoms with Crippen LogP contribution in [0.15, 0.2) is 0 Å². The number of hydrogen-bond acceptors (Lipinski definition) is 2. The summed E-state index contributed by atoms with van der Waals surface area (Å²) >= 11 is 0. The number of amides is 1. The number of ether oxygens (including phenoxy) is 1. The second kappa shape index (κ2) is 2.40. The van der Waals surface area contributed by atoms with Gasteiger partial charge >= 0.3 is 6.09 Å². The minimum Gasteiger partial charge on any atom is -0.446 e. The van der Waals surface area contributed by atoms with Crippen LogP contribution in [0.4, 0.5) is 4.79 Å². The Kier molecular flexibility index (Phi) is 1.51. The summed E-state index contributed by atoms with van der Waals surface area (Å²) in [4.78, 5) is 12.9. The molecule has 2 rings (SSSR count). The lowest BCUT2D eigenvalue weighted by Crippen LogP contribution is -2.29. The van der Waals surface area contributed by atoms with E-state index in [1.807, 2.05) is 7.05 Å². The van der Waals surface area contributed by atoms with E-state index in [2.05, 4.69) is 0 Å². The van der Waals surface area contributed by atoms with Crippen LogP contribution in [-0.2, 0) is 4.74 Å². The molecule has 1 amide bonds. The number of carbonyl (C=O) groups excluding carboxylic acids is 1. The third-order valence-electron chi connectivity index (χ3n) is 2.17. The highest BCUT2D eigenvalue weighted by molar-refractivity contribution is 5.68. The maximum absolute atomic E-state index is 11.2. The van der Waals surface area contributed by atoms with Crippen molar-refractivity contribution in [2.45, 2.75) is 37.8 Å². The topological polar surface area (TPSA) is 29.5 Å². The summed E-state index contributed by atoms with van der Waals surface area (Å²) < 4.78 is 5.11. The lowest BCUT2D eigenvalue weighted by atomic mass is 10.6. The molecule has 0 aromatic rings. The Hall–Kier alpha value is -0.730. The number of carbonyl (C=O) groups is 1. The SMILES string of the molecule is CN(C(=O)OC1CC1)C1CC1. The number of nitrogens with zero attached hydrogens (tertiary/aromatic N) is 1. The fourth-order valence-electron chi connectivity index (χ4n) is 1.02. The van der Waals surface area contributed by atoms with Gasteiger partial charge in [-0.25, -0.2) is 4.79 Å². The van der Waals surface area contributed by atoms with Gasteiger partial charge in [-0.3, -0.25) is 0 Å². The van der Waals surface area contributed by atoms with Crippen molar-refractivity contribution < 1.29 is 9.53 Å². The maximum Gasteiger partial charge on any atom is 0.410 e. The summed E-state index contributed by atoms with van der Waals surface area (Å²) in [7, 11) is 1.82. The second-order valence-electron chi connectivity index (χ2n) is 3.43. The molecule has 0 aromatic carbocycles. The fraction of sp³-hybridized carbons (Fsp3) is 0.875. The first-order valence-corrected chi connectivity index (χ1v) is 4.21. The van der Waals surface area contributed by atoms with Crippen LogP contribution in [0, 0.1) is 0 Å². The van der Waals surface area contributed by atoms with Gasteiger partial charge in [-0.05, 0) is 25.7 Å². The molecule has 0 unspecified atom stereocenters. The molecule has 0 aliphatic heterocycles. The van der Waals surface area contributed by atoms with Crippen LogP contribution in [0.5, 0.6) is 0 Å². The minimum absolute atomic E-state index is 0.130. The lowest BCUT2D eigenvalue weighted by molar-refractivity contribution is 0.102. The average molecular weight is 155 g/mol. The summed E-state index contributed by atoms with van der Waals surface area (Å²) in [5, 5.41) is 0. The predicted molar refractivity (Wildman–Crippen MR) is 40.3 cm³/mol. The maximum atomic E-state index is 11.2. The third kappa shape index (κ3) is 1.64. The van der Waals surface area contributed by atoms with Crippen molar-refractivity contribution in [1.29, 1.82) is 0 Å². The van der Waals surface area contributed by atoms with E-state index in [4.69, 9.17) is 4.74 Å². The largest absolute Gasteiger partial charge is 0.446 e. The molecule has 2 fully saturated rings. The predicted octanol–water partition coefficient (Wildman–Crippen LogP) is 1.38. The van der Waals surface area contributed by atoms with Gasteiger partial charge in [-0.1, -0.05) is 0 Å². The van der Waals surface area contributed by atoms with Crippen molar-refractivity contribution in [3.63, 3.8) is 0 Å². The third-order valence-corrected chi connectivity index (χ3v) is 2.17. The van der Waals surface area contributed by atoms with Crippen LogP contribution in [-0.4, -0.2) is 30.2 Å². The molecule has 62 valence electrons. The van der Waals surface area contributed by atoms with Crippen molar-refractivity contribution in [1.82, 2.24) is 4.90 Å². The number of hydrogen-bond donors (Lipinski definition) is 0. The molecule has 0 spiro atoms. The summed E-state index contributed by atoms with van der Waals surface area (Å²) in [6.07, 6.45) is 4.53. The first-order chi connectivity index (χ1) is 5.27. The lowest BCUT2D eigenvalue weighted by Gasteiger charge is -2.15. The highest BCUT2D eigenvalue weighted by Crippen LogP contribution is 2.29. The Bertz CT molecular complexity index is 173. The van der Waals surface area contributed by atoms with E-state index >= 15 is 0 Å². The van der Waals surface area contributed by atoms with Gasteiger partial charge in [0.25, 0.3) is 0 Å². The molecule has 0 N–H and O–H groups in total. The Labute approximate surface area is 66.3 Å². The zero-order chi connectivity index (χ0) is 7.84. The molecular formula is C8H13NO2. The Morgan fingerprint density at radius 3 is 2.45 bits per heavy atom. The van der Waals surface area contributed by atoms with E-state index in [0.717, 1.165) is 25.7 Å². The molecule has 2 aliphatic rings. The smallest absolute Gasteiger partial charge is 0.410 e. The summed E-state index contributed by atoms with van der Waals surface area (Å²) in [6, 6.07) is 0.473. The van der Waals surface area contributed by atoms with Crippen molar-refractivity contribution >= 4 is 6.09 Å². The van der Waals surface area contributed by atoms with E-state index < -0.39 is 0 Å². The molecule has 3 heteroatoms. The highest BCUT2D eigenvalue weighted by atomic mass is 16.6. The Morgan fingerprint density at radius 2 is 2.00 bits per heavy atom. The van der Waals surface area contributed by atoms with E-state index in [0.29, 0.717) is 6.04 Å². The molecule has 0 saturated heterocycles. The first kappa shape index (κ1) is 6.95. The van der Waals surface area contributed by atoms with Gasteiger partial charge in [0, 0.05) is 13.1 Å². The van der Waals surface area contributed by atoms with Gasteiger partial charge in [0.1, 0.15) is 6.10 Å². The molecule has 2 aliphatic carbocycles. The van der Waals surface area contributed by atoms with Gasteiger partial charge < -0.3 is 9.64 Å². The second-order valence-corrected chi connectivity index (χ2v) is 3.43. The monoisotopic (exact) mass is 155 g/mol. The van der Waals surface area contributed by atoms with Crippen LogP contribution in [0.25, 0.3) is 0 Å². The molecular weight excluding hydrogens is 142 g/mol. The molecule has 0 heterocycles. The fourth-order valence-corrected chi connectivity index (χ4v) is 1.02. The van der Waals surface area contributed by atoms with Crippen LogP contribution in [0.2, 0.25) is 0 Å². The first-order valence-electron chi connectivity index (χ1n) is 4.21. The molecule has 0 radical (unpaired) electrons. The number of rotatable bonds is 2. The average Bonchev–Trinajstić information content (AvgIpc) is 2.81. The van der Waals surface area contributed by atoms with Crippen LogP contribution in [0.3, 0.4) is 0 Å². The quantitative estimate of drug-likeness (QED) is 0.603. The molecule has 0 atom stereocenters. The van der Waals surface area contributed by atoms with E-state index in [1.165, 1.54) is 0 Å². The van der Waals surface area contributed by atoms with E-state index in [-0.39, 0.29) is 12.2 Å².